The standard InChI is InChI=1S/C20H27N5O/c1-15-10-22-19(23-11-15)21-8-6-17-7-9-26-20(17)13-25(14-20)12-18-5-3-4-16(2)24-18/h3-5,10-11,17H,6-9,12-14H2,1-2H3,(H,21,22,23). The van der Waals surface area contributed by atoms with Gasteiger partial charge >= 0.3 is 0 Å². The topological polar surface area (TPSA) is 63.2 Å². The Bertz CT molecular complexity index is 742. The van der Waals surface area contributed by atoms with Crippen LogP contribution in [0.4, 0.5) is 5.95 Å². The molecule has 2 aliphatic heterocycles. The van der Waals surface area contributed by atoms with Gasteiger partial charge in [-0.3, -0.25) is 9.88 Å². The molecule has 1 unspecified atom stereocenters. The maximum atomic E-state index is 6.18. The van der Waals surface area contributed by atoms with Crippen molar-refractivity contribution in [2.45, 2.75) is 38.8 Å². The molecule has 6 nitrogen and oxygen atoms in total. The first-order valence-corrected chi connectivity index (χ1v) is 9.44. The van der Waals surface area contributed by atoms with E-state index in [0.717, 1.165) is 62.6 Å². The first kappa shape index (κ1) is 17.4. The van der Waals surface area contributed by atoms with E-state index in [1.54, 1.807) is 0 Å². The number of anilines is 1. The molecule has 1 N–H and O–H groups in total. The third kappa shape index (κ3) is 3.71. The van der Waals surface area contributed by atoms with Gasteiger partial charge in [-0.2, -0.15) is 0 Å². The van der Waals surface area contributed by atoms with Crippen molar-refractivity contribution >= 4 is 5.95 Å². The molecule has 4 heterocycles. The minimum absolute atomic E-state index is 0.0413. The summed E-state index contributed by atoms with van der Waals surface area (Å²) in [6.07, 6.45) is 5.93. The molecule has 4 rings (SSSR count). The van der Waals surface area contributed by atoms with Gasteiger partial charge in [0, 0.05) is 50.9 Å². The third-order valence-corrected chi connectivity index (χ3v) is 5.47. The largest absolute Gasteiger partial charge is 0.372 e. The molecule has 138 valence electrons. The molecule has 0 radical (unpaired) electrons. The smallest absolute Gasteiger partial charge is 0.222 e. The van der Waals surface area contributed by atoms with Crippen LogP contribution in [0.25, 0.3) is 0 Å². The first-order valence-electron chi connectivity index (χ1n) is 9.44. The predicted octanol–water partition coefficient (Wildman–Crippen LogP) is 2.58. The van der Waals surface area contributed by atoms with E-state index < -0.39 is 0 Å². The molecule has 0 aliphatic carbocycles. The quantitative estimate of drug-likeness (QED) is 0.861. The van der Waals surface area contributed by atoms with E-state index in [0.29, 0.717) is 11.9 Å². The summed E-state index contributed by atoms with van der Waals surface area (Å²) in [6.45, 7) is 8.73. The number of nitrogens with one attached hydrogen (secondary N) is 1. The van der Waals surface area contributed by atoms with Gasteiger partial charge in [0.05, 0.1) is 11.3 Å². The summed E-state index contributed by atoms with van der Waals surface area (Å²) in [5.41, 5.74) is 3.35. The van der Waals surface area contributed by atoms with Gasteiger partial charge in [0.25, 0.3) is 0 Å². The number of aryl methyl sites for hydroxylation is 2. The van der Waals surface area contributed by atoms with E-state index in [1.165, 1.54) is 0 Å². The number of hydrogen-bond donors (Lipinski definition) is 1. The number of pyridine rings is 1. The van der Waals surface area contributed by atoms with Crippen LogP contribution in [-0.2, 0) is 11.3 Å². The van der Waals surface area contributed by atoms with Crippen molar-refractivity contribution in [1.29, 1.82) is 0 Å². The molecule has 1 atom stereocenters. The molecular formula is C20H27N5O. The molecule has 2 fully saturated rings. The van der Waals surface area contributed by atoms with Crippen LogP contribution in [0.2, 0.25) is 0 Å². The van der Waals surface area contributed by atoms with E-state index >= 15 is 0 Å². The zero-order valence-corrected chi connectivity index (χ0v) is 15.6. The number of nitrogens with zero attached hydrogens (tertiary/aromatic N) is 4. The van der Waals surface area contributed by atoms with Crippen LogP contribution in [-0.4, -0.2) is 51.7 Å². The lowest BCUT2D eigenvalue weighted by molar-refractivity contribution is -0.136. The monoisotopic (exact) mass is 353 g/mol. The van der Waals surface area contributed by atoms with Crippen molar-refractivity contribution < 1.29 is 4.74 Å². The lowest BCUT2D eigenvalue weighted by Gasteiger charge is -2.50. The van der Waals surface area contributed by atoms with Crippen LogP contribution in [0, 0.1) is 19.8 Å². The lowest BCUT2D eigenvalue weighted by Crippen LogP contribution is -2.64. The Balaban J connectivity index is 1.27. The summed E-state index contributed by atoms with van der Waals surface area (Å²) >= 11 is 0. The Labute approximate surface area is 155 Å². The fourth-order valence-electron chi connectivity index (χ4n) is 4.12. The van der Waals surface area contributed by atoms with Gasteiger partial charge in [-0.15, -0.1) is 0 Å². The number of rotatable bonds is 6. The van der Waals surface area contributed by atoms with Crippen LogP contribution in [0.15, 0.2) is 30.6 Å². The fourth-order valence-corrected chi connectivity index (χ4v) is 4.12. The summed E-state index contributed by atoms with van der Waals surface area (Å²) < 4.78 is 6.18. The Kier molecular flexibility index (Phi) is 4.87. The summed E-state index contributed by atoms with van der Waals surface area (Å²) in [5, 5.41) is 3.34. The van der Waals surface area contributed by atoms with Crippen molar-refractivity contribution in [1.82, 2.24) is 19.9 Å². The summed E-state index contributed by atoms with van der Waals surface area (Å²) in [5.74, 6) is 1.31. The second-order valence-corrected chi connectivity index (χ2v) is 7.61. The Morgan fingerprint density at radius 2 is 2.04 bits per heavy atom. The average molecular weight is 353 g/mol. The molecule has 2 aromatic rings. The Hall–Kier alpha value is -2.05. The maximum Gasteiger partial charge on any atom is 0.222 e. The highest BCUT2D eigenvalue weighted by molar-refractivity contribution is 5.24. The van der Waals surface area contributed by atoms with Gasteiger partial charge in [-0.1, -0.05) is 6.07 Å². The zero-order chi connectivity index (χ0) is 18.0. The molecule has 0 amide bonds. The van der Waals surface area contributed by atoms with Crippen LogP contribution in [0.3, 0.4) is 0 Å². The molecule has 2 aliphatic rings. The molecular weight excluding hydrogens is 326 g/mol. The second-order valence-electron chi connectivity index (χ2n) is 7.61. The molecule has 0 saturated carbocycles. The molecule has 2 aromatic heterocycles. The van der Waals surface area contributed by atoms with Gasteiger partial charge < -0.3 is 10.1 Å². The fraction of sp³-hybridized carbons (Fsp3) is 0.550. The minimum Gasteiger partial charge on any atom is -0.372 e. The Morgan fingerprint density at radius 1 is 1.23 bits per heavy atom. The van der Waals surface area contributed by atoms with Crippen LogP contribution in [0.5, 0.6) is 0 Å². The van der Waals surface area contributed by atoms with Crippen LogP contribution >= 0.6 is 0 Å². The van der Waals surface area contributed by atoms with Gasteiger partial charge in [-0.25, -0.2) is 9.97 Å². The van der Waals surface area contributed by atoms with Crippen molar-refractivity contribution in [3.05, 3.63) is 47.5 Å². The second kappa shape index (κ2) is 7.29. The van der Waals surface area contributed by atoms with Crippen molar-refractivity contribution in [3.63, 3.8) is 0 Å². The van der Waals surface area contributed by atoms with Gasteiger partial charge in [0.2, 0.25) is 5.95 Å². The van der Waals surface area contributed by atoms with Crippen LogP contribution in [0.1, 0.15) is 29.8 Å². The summed E-state index contributed by atoms with van der Waals surface area (Å²) in [6, 6.07) is 6.24. The lowest BCUT2D eigenvalue weighted by atomic mass is 9.79. The summed E-state index contributed by atoms with van der Waals surface area (Å²) in [7, 11) is 0. The molecule has 0 bridgehead atoms. The van der Waals surface area contributed by atoms with E-state index in [4.69, 9.17) is 4.74 Å². The van der Waals surface area contributed by atoms with Crippen LogP contribution < -0.4 is 5.32 Å². The maximum absolute atomic E-state index is 6.18. The minimum atomic E-state index is 0.0413. The molecule has 2 saturated heterocycles. The SMILES string of the molecule is Cc1cnc(NCCC2CCOC23CN(Cc2cccc(C)n2)C3)nc1. The van der Waals surface area contributed by atoms with Gasteiger partial charge in [-0.05, 0) is 50.3 Å². The van der Waals surface area contributed by atoms with Gasteiger partial charge in [0.1, 0.15) is 0 Å². The highest BCUT2D eigenvalue weighted by atomic mass is 16.5. The highest BCUT2D eigenvalue weighted by Gasteiger charge is 2.52. The number of ether oxygens (including phenoxy) is 1. The molecule has 1 spiro atoms. The van der Waals surface area contributed by atoms with E-state index in [1.807, 2.05) is 32.3 Å². The average Bonchev–Trinajstić information content (AvgIpc) is 3.00. The van der Waals surface area contributed by atoms with E-state index in [2.05, 4.69) is 37.3 Å². The van der Waals surface area contributed by atoms with E-state index in [-0.39, 0.29) is 5.60 Å². The van der Waals surface area contributed by atoms with Crippen molar-refractivity contribution in [2.24, 2.45) is 5.92 Å². The molecule has 6 heteroatoms. The Morgan fingerprint density at radius 3 is 2.81 bits per heavy atom. The number of aromatic nitrogens is 3. The van der Waals surface area contributed by atoms with Crippen molar-refractivity contribution in [2.75, 3.05) is 31.6 Å². The first-order chi connectivity index (χ1) is 12.6. The van der Waals surface area contributed by atoms with Crippen molar-refractivity contribution in [3.8, 4) is 0 Å². The highest BCUT2D eigenvalue weighted by Crippen LogP contribution is 2.42. The number of likely N-dealkylation sites (tertiary alicyclic amines) is 1. The molecule has 26 heavy (non-hydrogen) atoms. The normalized spacial score (nSPS) is 21.7. The van der Waals surface area contributed by atoms with E-state index in [9.17, 15) is 0 Å². The van der Waals surface area contributed by atoms with Gasteiger partial charge in [0.15, 0.2) is 0 Å². The number of hydrogen-bond acceptors (Lipinski definition) is 6. The third-order valence-electron chi connectivity index (χ3n) is 5.47. The molecule has 0 aromatic carbocycles. The predicted molar refractivity (Wildman–Crippen MR) is 101 cm³/mol. The summed E-state index contributed by atoms with van der Waals surface area (Å²) in [4.78, 5) is 15.7. The zero-order valence-electron chi connectivity index (χ0n) is 15.6.